The van der Waals surface area contributed by atoms with Gasteiger partial charge in [0.15, 0.2) is 23.0 Å². The highest BCUT2D eigenvalue weighted by atomic mass is 16.5. The summed E-state index contributed by atoms with van der Waals surface area (Å²) in [7, 11) is 1.30. The summed E-state index contributed by atoms with van der Waals surface area (Å²) in [6.07, 6.45) is 1.44. The van der Waals surface area contributed by atoms with Gasteiger partial charge in [-0.2, -0.15) is 0 Å². The third-order valence-corrected chi connectivity index (χ3v) is 3.76. The molecule has 0 saturated heterocycles. The third kappa shape index (κ3) is 2.57. The zero-order valence-electron chi connectivity index (χ0n) is 13.5. The molecule has 0 unspecified atom stereocenters. The van der Waals surface area contributed by atoms with Crippen LogP contribution in [0.4, 0.5) is 0 Å². The normalized spacial score (nSPS) is 12.8. The molecule has 3 rings (SSSR count). The zero-order chi connectivity index (χ0) is 19.0. The Morgan fingerprint density at radius 1 is 1.08 bits per heavy atom. The van der Waals surface area contributed by atoms with Crippen molar-refractivity contribution in [2.75, 3.05) is 7.11 Å². The number of hydrogen-bond donors (Lipinski definition) is 4. The number of phenolic OH excluding ortho intramolecular Hbond substituents is 3. The molecule has 132 valence electrons. The van der Waals surface area contributed by atoms with Gasteiger partial charge >= 0.3 is 0 Å². The summed E-state index contributed by atoms with van der Waals surface area (Å²) in [4.78, 5) is 0. The first-order chi connectivity index (χ1) is 12.4. The van der Waals surface area contributed by atoms with Crippen LogP contribution >= 0.6 is 0 Å². The Morgan fingerprint density at radius 3 is 2.42 bits per heavy atom. The van der Waals surface area contributed by atoms with Crippen LogP contribution < -0.4 is 14.2 Å². The molecule has 1 aliphatic heterocycles. The molecule has 0 amide bonds. The number of nitriles is 1. The third-order valence-electron chi connectivity index (χ3n) is 3.76. The number of methoxy groups -OCH3 is 1. The van der Waals surface area contributed by atoms with E-state index in [2.05, 4.69) is 6.58 Å². The Morgan fingerprint density at radius 2 is 1.77 bits per heavy atom. The fraction of sp³-hybridized carbons (Fsp3) is 0.0556. The lowest BCUT2D eigenvalue weighted by Crippen LogP contribution is -2.09. The zero-order valence-corrected chi connectivity index (χ0v) is 13.5. The van der Waals surface area contributed by atoms with Crippen LogP contribution in [-0.4, -0.2) is 27.5 Å². The summed E-state index contributed by atoms with van der Waals surface area (Å²) in [6.45, 7) is 3.73. The summed E-state index contributed by atoms with van der Waals surface area (Å²) in [6, 6.07) is 4.95. The van der Waals surface area contributed by atoms with Crippen LogP contribution in [0.15, 0.2) is 36.6 Å². The summed E-state index contributed by atoms with van der Waals surface area (Å²) in [5.74, 6) is -1.59. The molecule has 0 aromatic heterocycles. The monoisotopic (exact) mass is 355 g/mol. The van der Waals surface area contributed by atoms with E-state index in [9.17, 15) is 20.4 Å². The van der Waals surface area contributed by atoms with Crippen molar-refractivity contribution in [1.82, 2.24) is 0 Å². The number of allylic oxidation sites excluding steroid dienone is 1. The molecule has 2 aromatic carbocycles. The number of hydrogen-bond acceptors (Lipinski definition) is 8. The molecule has 26 heavy (non-hydrogen) atoms. The first kappa shape index (κ1) is 16.9. The van der Waals surface area contributed by atoms with Crippen molar-refractivity contribution in [2.24, 2.45) is 0 Å². The maximum atomic E-state index is 10.5. The predicted molar refractivity (Wildman–Crippen MR) is 89.9 cm³/mol. The highest BCUT2D eigenvalue weighted by Crippen LogP contribution is 2.47. The van der Waals surface area contributed by atoms with E-state index in [0.717, 1.165) is 6.07 Å². The van der Waals surface area contributed by atoms with Crippen molar-refractivity contribution in [1.29, 1.82) is 5.26 Å². The van der Waals surface area contributed by atoms with Crippen LogP contribution in [0.5, 0.6) is 34.5 Å². The minimum atomic E-state index is -0.400. The number of rotatable bonds is 3. The van der Waals surface area contributed by atoms with Gasteiger partial charge < -0.3 is 34.6 Å². The van der Waals surface area contributed by atoms with Crippen LogP contribution in [0.2, 0.25) is 0 Å². The molecule has 0 fully saturated rings. The molecule has 2 aromatic rings. The van der Waals surface area contributed by atoms with E-state index >= 15 is 0 Å². The largest absolute Gasteiger partial charge is 0.508 e. The lowest BCUT2D eigenvalue weighted by atomic mass is 9.97. The lowest BCUT2D eigenvalue weighted by Gasteiger charge is -2.23. The van der Waals surface area contributed by atoms with Gasteiger partial charge in [0.2, 0.25) is 5.75 Å². The standard InChI is InChI=1S/C18H13NO7/c1-8-15-11(21)5-10(20)6-12(15)26-18(16(8)22)9-3-13(24-2)17(23)14(4-9)25-7-19/h3-6,20-23H,1H2,2H3. The van der Waals surface area contributed by atoms with Gasteiger partial charge in [0.05, 0.1) is 12.7 Å². The van der Waals surface area contributed by atoms with Gasteiger partial charge in [0.1, 0.15) is 17.2 Å². The van der Waals surface area contributed by atoms with Crippen molar-refractivity contribution in [3.63, 3.8) is 0 Å². The van der Waals surface area contributed by atoms with E-state index in [4.69, 9.17) is 19.5 Å². The lowest BCUT2D eigenvalue weighted by molar-refractivity contribution is 0.356. The fourth-order valence-corrected chi connectivity index (χ4v) is 2.58. The maximum absolute atomic E-state index is 10.5. The maximum Gasteiger partial charge on any atom is 0.292 e. The number of benzene rings is 2. The molecule has 4 N–H and O–H groups in total. The fourth-order valence-electron chi connectivity index (χ4n) is 2.58. The van der Waals surface area contributed by atoms with Crippen molar-refractivity contribution < 1.29 is 34.6 Å². The van der Waals surface area contributed by atoms with Crippen molar-refractivity contribution in [3.05, 3.63) is 47.7 Å². The first-order valence-electron chi connectivity index (χ1n) is 7.21. The van der Waals surface area contributed by atoms with Gasteiger partial charge in [0, 0.05) is 23.3 Å². The molecule has 1 heterocycles. The average Bonchev–Trinajstić information content (AvgIpc) is 2.59. The number of fused-ring (bicyclic) bond motifs is 1. The summed E-state index contributed by atoms with van der Waals surface area (Å²) >= 11 is 0. The van der Waals surface area contributed by atoms with Crippen molar-refractivity contribution in [2.45, 2.75) is 0 Å². The highest BCUT2D eigenvalue weighted by molar-refractivity contribution is 5.92. The first-order valence-corrected chi connectivity index (χ1v) is 7.21. The van der Waals surface area contributed by atoms with Crippen molar-refractivity contribution in [3.8, 4) is 40.8 Å². The van der Waals surface area contributed by atoms with Crippen LogP contribution in [-0.2, 0) is 0 Å². The second-order valence-electron chi connectivity index (χ2n) is 5.31. The topological polar surface area (TPSA) is 132 Å². The molecular formula is C18H13NO7. The van der Waals surface area contributed by atoms with Crippen LogP contribution in [0.25, 0.3) is 11.3 Å². The van der Waals surface area contributed by atoms with E-state index in [-0.39, 0.29) is 57.0 Å². The van der Waals surface area contributed by atoms with E-state index in [1.54, 1.807) is 0 Å². The minimum absolute atomic E-state index is 0.0215. The Kier molecular flexibility index (Phi) is 3.98. The quantitative estimate of drug-likeness (QED) is 0.618. The number of nitrogens with zero attached hydrogens (tertiary/aromatic N) is 1. The molecule has 8 heteroatoms. The van der Waals surface area contributed by atoms with E-state index < -0.39 is 5.75 Å². The number of aliphatic hydroxyl groups is 1. The molecular weight excluding hydrogens is 342 g/mol. The number of aliphatic hydroxyl groups excluding tert-OH is 1. The number of aromatic hydroxyl groups is 3. The predicted octanol–water partition coefficient (Wildman–Crippen LogP) is 3.00. The van der Waals surface area contributed by atoms with Gasteiger partial charge in [-0.25, -0.2) is 0 Å². The summed E-state index contributed by atoms with van der Waals surface area (Å²) in [5.41, 5.74) is 0.397. The number of phenols is 3. The van der Waals surface area contributed by atoms with E-state index in [1.165, 1.54) is 31.6 Å². The van der Waals surface area contributed by atoms with E-state index in [0.29, 0.717) is 0 Å². The SMILES string of the molecule is C=C1C(O)=C(c2cc(OC)c(O)c(OC#N)c2)Oc2cc(O)cc(O)c21. The summed E-state index contributed by atoms with van der Waals surface area (Å²) in [5, 5.41) is 48.8. The molecule has 0 radical (unpaired) electrons. The molecule has 0 atom stereocenters. The Balaban J connectivity index is 2.19. The Labute approximate surface area is 147 Å². The second kappa shape index (κ2) is 6.14. The molecule has 8 nitrogen and oxygen atoms in total. The molecule has 0 bridgehead atoms. The molecule has 0 aliphatic carbocycles. The molecule has 0 spiro atoms. The second-order valence-corrected chi connectivity index (χ2v) is 5.31. The smallest absolute Gasteiger partial charge is 0.292 e. The van der Waals surface area contributed by atoms with Gasteiger partial charge in [-0.3, -0.25) is 0 Å². The Bertz CT molecular complexity index is 1000. The van der Waals surface area contributed by atoms with Gasteiger partial charge in [-0.15, -0.1) is 5.26 Å². The molecule has 0 saturated carbocycles. The summed E-state index contributed by atoms with van der Waals surface area (Å²) < 4.78 is 15.3. The van der Waals surface area contributed by atoms with Gasteiger partial charge in [-0.05, 0) is 12.1 Å². The van der Waals surface area contributed by atoms with Crippen molar-refractivity contribution >= 4 is 11.3 Å². The van der Waals surface area contributed by atoms with Gasteiger partial charge in [-0.1, -0.05) is 6.58 Å². The minimum Gasteiger partial charge on any atom is -0.508 e. The van der Waals surface area contributed by atoms with Gasteiger partial charge in [0.25, 0.3) is 6.26 Å². The van der Waals surface area contributed by atoms with E-state index in [1.807, 2.05) is 0 Å². The Hall–Kier alpha value is -3.99. The molecule has 1 aliphatic rings. The van der Waals surface area contributed by atoms with Crippen LogP contribution in [0.3, 0.4) is 0 Å². The average molecular weight is 355 g/mol. The number of ether oxygens (including phenoxy) is 3. The van der Waals surface area contributed by atoms with Crippen LogP contribution in [0.1, 0.15) is 11.1 Å². The van der Waals surface area contributed by atoms with Crippen LogP contribution in [0, 0.1) is 11.5 Å². The highest BCUT2D eigenvalue weighted by Gasteiger charge is 2.29.